The third kappa shape index (κ3) is 2.06. The average Bonchev–Trinajstić information content (AvgIpc) is 2.69. The second-order valence-corrected chi connectivity index (χ2v) is 2.66. The standard InChI is InChI=1S/C11H9N2/c1-2-4-10(5-3-1)6-7-11-8-12-9-13-11/h2-9H,(H,12,13)/b7-6+. The SMILES string of the molecule is [c]1ccc(/C=C/c2c[nH]cn2)cc1. The van der Waals surface area contributed by atoms with E-state index >= 15 is 0 Å². The Morgan fingerprint density at radius 2 is 2.08 bits per heavy atom. The number of hydrogen-bond donors (Lipinski definition) is 1. The first kappa shape index (κ1) is 7.80. The van der Waals surface area contributed by atoms with Crippen LogP contribution in [0.5, 0.6) is 0 Å². The number of imidazole rings is 1. The van der Waals surface area contributed by atoms with Crippen LogP contribution < -0.4 is 0 Å². The molecule has 0 fully saturated rings. The lowest BCUT2D eigenvalue weighted by Gasteiger charge is -1.88. The van der Waals surface area contributed by atoms with Gasteiger partial charge >= 0.3 is 0 Å². The van der Waals surface area contributed by atoms with Gasteiger partial charge in [0.25, 0.3) is 0 Å². The van der Waals surface area contributed by atoms with E-state index in [1.165, 1.54) is 0 Å². The number of nitrogens with one attached hydrogen (secondary N) is 1. The van der Waals surface area contributed by atoms with Gasteiger partial charge in [0.1, 0.15) is 0 Å². The van der Waals surface area contributed by atoms with Gasteiger partial charge < -0.3 is 4.98 Å². The van der Waals surface area contributed by atoms with E-state index in [2.05, 4.69) is 16.0 Å². The van der Waals surface area contributed by atoms with Gasteiger partial charge in [-0.05, 0) is 17.7 Å². The Balaban J connectivity index is 2.15. The van der Waals surface area contributed by atoms with Crippen molar-refractivity contribution in [2.24, 2.45) is 0 Å². The van der Waals surface area contributed by atoms with Gasteiger partial charge in [0.05, 0.1) is 12.0 Å². The third-order valence-electron chi connectivity index (χ3n) is 1.71. The van der Waals surface area contributed by atoms with Crippen LogP contribution in [0.1, 0.15) is 11.3 Å². The summed E-state index contributed by atoms with van der Waals surface area (Å²) in [6.07, 6.45) is 7.50. The summed E-state index contributed by atoms with van der Waals surface area (Å²) in [5, 5.41) is 0. The van der Waals surface area contributed by atoms with Crippen molar-refractivity contribution in [2.45, 2.75) is 0 Å². The number of rotatable bonds is 2. The van der Waals surface area contributed by atoms with E-state index in [0.717, 1.165) is 11.3 Å². The van der Waals surface area contributed by atoms with Crippen molar-refractivity contribution in [3.05, 3.63) is 54.1 Å². The first-order chi connectivity index (χ1) is 6.45. The van der Waals surface area contributed by atoms with E-state index in [9.17, 15) is 0 Å². The number of hydrogen-bond acceptors (Lipinski definition) is 1. The van der Waals surface area contributed by atoms with Crippen LogP contribution in [0.4, 0.5) is 0 Å². The van der Waals surface area contributed by atoms with Crippen LogP contribution in [0.3, 0.4) is 0 Å². The summed E-state index contributed by atoms with van der Waals surface area (Å²) < 4.78 is 0. The van der Waals surface area contributed by atoms with Crippen molar-refractivity contribution in [3.63, 3.8) is 0 Å². The molecule has 1 heterocycles. The van der Waals surface area contributed by atoms with Crippen molar-refractivity contribution in [1.29, 1.82) is 0 Å². The van der Waals surface area contributed by atoms with Gasteiger partial charge in [-0.15, -0.1) is 0 Å². The molecule has 0 atom stereocenters. The molecule has 2 nitrogen and oxygen atoms in total. The van der Waals surface area contributed by atoms with Gasteiger partial charge in [-0.2, -0.15) is 0 Å². The van der Waals surface area contributed by atoms with Crippen LogP contribution in [0.15, 0.2) is 36.8 Å². The maximum atomic E-state index is 4.08. The fourth-order valence-electron chi connectivity index (χ4n) is 1.06. The average molecular weight is 169 g/mol. The minimum absolute atomic E-state index is 0.938. The second-order valence-electron chi connectivity index (χ2n) is 2.66. The van der Waals surface area contributed by atoms with Crippen LogP contribution in [-0.2, 0) is 0 Å². The van der Waals surface area contributed by atoms with Crippen LogP contribution >= 0.6 is 0 Å². The summed E-state index contributed by atoms with van der Waals surface area (Å²) in [7, 11) is 0. The minimum atomic E-state index is 0.938. The molecule has 2 rings (SSSR count). The lowest BCUT2D eigenvalue weighted by Crippen LogP contribution is -1.70. The molecule has 1 aromatic carbocycles. The fraction of sp³-hybridized carbons (Fsp3) is 0. The molecule has 0 aliphatic heterocycles. The number of nitrogens with zero attached hydrogens (tertiary/aromatic N) is 1. The molecule has 0 aliphatic rings. The van der Waals surface area contributed by atoms with E-state index in [-0.39, 0.29) is 0 Å². The summed E-state index contributed by atoms with van der Waals surface area (Å²) in [5.41, 5.74) is 2.09. The summed E-state index contributed by atoms with van der Waals surface area (Å²) >= 11 is 0. The van der Waals surface area contributed by atoms with Gasteiger partial charge in [-0.3, -0.25) is 0 Å². The van der Waals surface area contributed by atoms with Crippen LogP contribution in [0, 0.1) is 6.07 Å². The number of aromatic amines is 1. The first-order valence-corrected chi connectivity index (χ1v) is 4.08. The highest BCUT2D eigenvalue weighted by Crippen LogP contribution is 2.04. The van der Waals surface area contributed by atoms with Gasteiger partial charge in [-0.25, -0.2) is 4.98 Å². The molecule has 63 valence electrons. The maximum absolute atomic E-state index is 4.08. The minimum Gasteiger partial charge on any atom is -0.351 e. The Morgan fingerprint density at radius 3 is 2.77 bits per heavy atom. The molecule has 0 saturated carbocycles. The quantitative estimate of drug-likeness (QED) is 0.734. The van der Waals surface area contributed by atoms with E-state index in [1.54, 1.807) is 6.33 Å². The Kier molecular flexibility index (Phi) is 2.23. The summed E-state index contributed by atoms with van der Waals surface area (Å²) in [5.74, 6) is 0. The second kappa shape index (κ2) is 3.72. The molecule has 0 amide bonds. The first-order valence-electron chi connectivity index (χ1n) is 4.08. The molecule has 2 aromatic rings. The molecular weight excluding hydrogens is 160 g/mol. The van der Waals surface area contributed by atoms with Crippen molar-refractivity contribution in [1.82, 2.24) is 9.97 Å². The van der Waals surface area contributed by atoms with Crippen molar-refractivity contribution >= 4 is 12.2 Å². The van der Waals surface area contributed by atoms with Crippen molar-refractivity contribution in [3.8, 4) is 0 Å². The Morgan fingerprint density at radius 1 is 1.23 bits per heavy atom. The fourth-order valence-corrected chi connectivity index (χ4v) is 1.06. The zero-order chi connectivity index (χ0) is 8.93. The highest BCUT2D eigenvalue weighted by atomic mass is 14.8. The Hall–Kier alpha value is -1.83. The van der Waals surface area contributed by atoms with Crippen LogP contribution in [0.25, 0.3) is 12.2 Å². The van der Waals surface area contributed by atoms with Crippen molar-refractivity contribution in [2.75, 3.05) is 0 Å². The monoisotopic (exact) mass is 169 g/mol. The normalized spacial score (nSPS) is 10.8. The number of aromatic nitrogens is 2. The van der Waals surface area contributed by atoms with Crippen molar-refractivity contribution < 1.29 is 0 Å². The highest BCUT2D eigenvalue weighted by Gasteiger charge is 1.86. The zero-order valence-electron chi connectivity index (χ0n) is 7.07. The van der Waals surface area contributed by atoms with Gasteiger partial charge in [0.15, 0.2) is 0 Å². The van der Waals surface area contributed by atoms with Gasteiger partial charge in [0, 0.05) is 6.20 Å². The predicted molar refractivity (Wildman–Crippen MR) is 52.8 cm³/mol. The third-order valence-corrected chi connectivity index (χ3v) is 1.71. The zero-order valence-corrected chi connectivity index (χ0v) is 7.07. The lowest BCUT2D eigenvalue weighted by molar-refractivity contribution is 1.31. The number of benzene rings is 1. The largest absolute Gasteiger partial charge is 0.351 e. The van der Waals surface area contributed by atoms with E-state index < -0.39 is 0 Å². The maximum Gasteiger partial charge on any atom is 0.0927 e. The smallest absolute Gasteiger partial charge is 0.0927 e. The lowest BCUT2D eigenvalue weighted by atomic mass is 10.2. The topological polar surface area (TPSA) is 28.7 Å². The predicted octanol–water partition coefficient (Wildman–Crippen LogP) is 2.38. The molecule has 1 aromatic heterocycles. The van der Waals surface area contributed by atoms with Gasteiger partial charge in [-0.1, -0.05) is 30.3 Å². The molecule has 0 saturated heterocycles. The summed E-state index contributed by atoms with van der Waals surface area (Å²) in [4.78, 5) is 6.98. The molecule has 0 spiro atoms. The molecule has 0 unspecified atom stereocenters. The Bertz CT molecular complexity index is 374. The Labute approximate surface area is 77.0 Å². The molecule has 1 N–H and O–H groups in total. The highest BCUT2D eigenvalue weighted by molar-refractivity contribution is 5.67. The number of H-pyrrole nitrogens is 1. The van der Waals surface area contributed by atoms with Crippen LogP contribution in [-0.4, -0.2) is 9.97 Å². The summed E-state index contributed by atoms with van der Waals surface area (Å²) in [6.45, 7) is 0. The molecule has 0 aliphatic carbocycles. The van der Waals surface area contributed by atoms with E-state index in [1.807, 2.05) is 42.6 Å². The van der Waals surface area contributed by atoms with E-state index in [4.69, 9.17) is 0 Å². The van der Waals surface area contributed by atoms with E-state index in [0.29, 0.717) is 0 Å². The molecular formula is C11H9N2. The van der Waals surface area contributed by atoms with Gasteiger partial charge in [0.2, 0.25) is 0 Å². The summed E-state index contributed by atoms with van der Waals surface area (Å²) in [6, 6.07) is 10.8. The molecule has 2 heteroatoms. The van der Waals surface area contributed by atoms with Crippen LogP contribution in [0.2, 0.25) is 0 Å². The molecule has 0 bridgehead atoms. The molecule has 13 heavy (non-hydrogen) atoms. The molecule has 1 radical (unpaired) electrons.